The van der Waals surface area contributed by atoms with Crippen molar-refractivity contribution in [1.29, 1.82) is 0 Å². The van der Waals surface area contributed by atoms with Crippen LogP contribution >= 0.6 is 0 Å². The van der Waals surface area contributed by atoms with Gasteiger partial charge >= 0.3 is 51.0 Å². The standard InChI is InChI=1S/C18H27O4.3CO.Fe/c1-16(22-15-19)8-7-12-18(20)11-5-6-13-21-14-17-9-3-2-4-10-17;3*1-2;/h2-4,9-10,16,18,20H,5-8,11-14H2,1H3;;;;/q-1;;;;+2/t16-,18+;;;;/m0..../s1. The molecule has 0 aliphatic heterocycles. The number of rotatable bonds is 13. The number of hydrogen-bond donors (Lipinski definition) is 1. The minimum absolute atomic E-state index is 0. The van der Waals surface area contributed by atoms with Crippen LogP contribution in [0.2, 0.25) is 0 Å². The first-order valence-electron chi connectivity index (χ1n) is 8.66. The van der Waals surface area contributed by atoms with Crippen molar-refractivity contribution in [2.24, 2.45) is 0 Å². The summed E-state index contributed by atoms with van der Waals surface area (Å²) in [4.78, 5) is 10.0. The molecule has 0 bridgehead atoms. The van der Waals surface area contributed by atoms with Gasteiger partial charge < -0.3 is 19.4 Å². The summed E-state index contributed by atoms with van der Waals surface area (Å²) in [5.41, 5.74) is 1.19. The Labute approximate surface area is 183 Å². The minimum Gasteiger partial charge on any atom is 2.00 e. The second kappa shape index (κ2) is 31.1. The summed E-state index contributed by atoms with van der Waals surface area (Å²) in [6.07, 6.45) is 4.70. The summed E-state index contributed by atoms with van der Waals surface area (Å²) in [5, 5.41) is 9.87. The summed E-state index contributed by atoms with van der Waals surface area (Å²) in [6, 6.07) is 10.1. The first-order chi connectivity index (χ1) is 13.7. The van der Waals surface area contributed by atoms with Gasteiger partial charge in [-0.25, -0.2) is 0 Å². The van der Waals surface area contributed by atoms with E-state index in [0.717, 1.165) is 45.1 Å². The number of ether oxygens (including phenoxy) is 2. The molecule has 0 fully saturated rings. The Morgan fingerprint density at radius 3 is 2.07 bits per heavy atom. The molecule has 0 radical (unpaired) electrons. The Bertz CT molecular complexity index is 488. The van der Waals surface area contributed by atoms with E-state index in [2.05, 4.69) is 36.8 Å². The molecular weight excluding hydrogens is 420 g/mol. The van der Waals surface area contributed by atoms with Crippen LogP contribution in [0, 0.1) is 20.0 Å². The zero-order chi connectivity index (χ0) is 22.0. The van der Waals surface area contributed by atoms with Crippen LogP contribution in [-0.4, -0.2) is 30.4 Å². The van der Waals surface area contributed by atoms with Gasteiger partial charge in [-0.15, -0.1) is 0 Å². The molecule has 1 N–H and O–H groups in total. The van der Waals surface area contributed by atoms with Crippen LogP contribution < -0.4 is 0 Å². The van der Waals surface area contributed by atoms with Crippen LogP contribution in [-0.2, 0) is 51.9 Å². The van der Waals surface area contributed by atoms with E-state index in [1.807, 2.05) is 25.1 Å². The summed E-state index contributed by atoms with van der Waals surface area (Å²) >= 11 is 0. The molecule has 0 aromatic heterocycles. The van der Waals surface area contributed by atoms with Gasteiger partial charge in [-0.2, -0.15) is 0 Å². The van der Waals surface area contributed by atoms with Crippen molar-refractivity contribution in [2.45, 2.75) is 64.3 Å². The summed E-state index contributed by atoms with van der Waals surface area (Å²) < 4.78 is 32.8. The van der Waals surface area contributed by atoms with Crippen molar-refractivity contribution in [3.8, 4) is 0 Å². The molecule has 0 saturated carbocycles. The molecular formula is C21H27FeO7+. The largest absolute Gasteiger partial charge is 2.00 e. The molecule has 0 spiro atoms. The molecule has 0 aliphatic carbocycles. The van der Waals surface area contributed by atoms with Crippen LogP contribution in [0.15, 0.2) is 30.3 Å². The van der Waals surface area contributed by atoms with Crippen LogP contribution in [0.25, 0.3) is 0 Å². The first kappa shape index (κ1) is 34.8. The van der Waals surface area contributed by atoms with E-state index in [4.69, 9.17) is 18.7 Å². The van der Waals surface area contributed by atoms with E-state index < -0.39 is 0 Å². The normalized spacial score (nSPS) is 10.5. The predicted molar refractivity (Wildman–Crippen MR) is 97.8 cm³/mol. The smallest absolute Gasteiger partial charge is 2.00 e. The molecule has 1 aromatic carbocycles. The molecule has 160 valence electrons. The monoisotopic (exact) mass is 447 g/mol. The fourth-order valence-corrected chi connectivity index (χ4v) is 2.27. The van der Waals surface area contributed by atoms with Gasteiger partial charge in [0.05, 0.1) is 18.8 Å². The number of unbranched alkanes of at least 4 members (excludes halogenated alkanes) is 1. The van der Waals surface area contributed by atoms with Crippen LogP contribution in [0.5, 0.6) is 0 Å². The maximum absolute atomic E-state index is 10.0. The van der Waals surface area contributed by atoms with Crippen molar-refractivity contribution < 1.29 is 50.4 Å². The van der Waals surface area contributed by atoms with Gasteiger partial charge in [-0.1, -0.05) is 36.8 Å². The van der Waals surface area contributed by atoms with Gasteiger partial charge in [0.2, 0.25) is 0 Å². The Kier molecular flexibility index (Phi) is 37.3. The molecule has 0 aliphatic rings. The maximum Gasteiger partial charge on any atom is 2.00 e. The van der Waals surface area contributed by atoms with E-state index in [0.29, 0.717) is 6.61 Å². The Morgan fingerprint density at radius 2 is 1.52 bits per heavy atom. The molecule has 0 saturated heterocycles. The van der Waals surface area contributed by atoms with E-state index >= 15 is 0 Å². The van der Waals surface area contributed by atoms with Gasteiger partial charge in [0, 0.05) is 6.61 Å². The molecule has 2 atom stereocenters. The van der Waals surface area contributed by atoms with E-state index in [-0.39, 0.29) is 29.3 Å². The third-order valence-electron chi connectivity index (χ3n) is 3.58. The molecule has 1 aromatic rings. The Morgan fingerprint density at radius 1 is 0.966 bits per heavy atom. The molecule has 29 heavy (non-hydrogen) atoms. The Hall–Kier alpha value is -1.65. The van der Waals surface area contributed by atoms with Crippen LogP contribution in [0.1, 0.15) is 51.0 Å². The zero-order valence-electron chi connectivity index (χ0n) is 16.4. The number of aliphatic hydroxyl groups excluding tert-OH is 1. The summed E-state index contributed by atoms with van der Waals surface area (Å²) in [7, 11) is 0. The number of benzene rings is 1. The van der Waals surface area contributed by atoms with Crippen molar-refractivity contribution in [3.05, 3.63) is 55.8 Å². The number of aliphatic hydroxyl groups is 1. The van der Waals surface area contributed by atoms with Gasteiger partial charge in [0.1, 0.15) is 0 Å². The molecule has 0 heterocycles. The average molecular weight is 447 g/mol. The van der Waals surface area contributed by atoms with Gasteiger partial charge in [-0.3, -0.25) is 0 Å². The second-order valence-corrected chi connectivity index (χ2v) is 5.63. The van der Waals surface area contributed by atoms with E-state index in [1.54, 1.807) is 0 Å². The van der Waals surface area contributed by atoms with Gasteiger partial charge in [-0.05, 0) is 51.0 Å². The number of hydrogen-bond acceptors (Lipinski definition) is 4. The van der Waals surface area contributed by atoms with E-state index in [9.17, 15) is 9.90 Å². The zero-order valence-corrected chi connectivity index (χ0v) is 17.6. The fraction of sp³-hybridized carbons (Fsp3) is 0.524. The minimum atomic E-state index is -0.276. The van der Waals surface area contributed by atoms with Crippen molar-refractivity contribution in [2.75, 3.05) is 6.61 Å². The molecule has 8 heteroatoms. The van der Waals surface area contributed by atoms with Gasteiger partial charge in [0.15, 0.2) is 0 Å². The summed E-state index contributed by atoms with van der Waals surface area (Å²) in [6.45, 7) is 18.2. The predicted octanol–water partition coefficient (Wildman–Crippen LogP) is 3.26. The van der Waals surface area contributed by atoms with Crippen LogP contribution in [0.4, 0.5) is 0 Å². The molecule has 7 nitrogen and oxygen atoms in total. The number of carbonyl (C=O) groups excluding carboxylic acids is 1. The third kappa shape index (κ3) is 26.3. The topological polar surface area (TPSA) is 115 Å². The van der Waals surface area contributed by atoms with Crippen LogP contribution in [0.3, 0.4) is 0 Å². The van der Waals surface area contributed by atoms with E-state index in [1.165, 1.54) is 12.0 Å². The fourth-order valence-electron chi connectivity index (χ4n) is 2.27. The van der Waals surface area contributed by atoms with Gasteiger partial charge in [0.25, 0.3) is 0 Å². The SMILES string of the molecule is C[C@@H](CCC[C@H](O)CCCCOCc1ccccc1)O[C-]=O.[C-]#[O+].[C-]#[O+].[C-]#[O+].[Fe+2]. The maximum atomic E-state index is 10.0. The molecule has 1 rings (SSSR count). The first-order valence-corrected chi connectivity index (χ1v) is 8.66. The quantitative estimate of drug-likeness (QED) is 0.216. The average Bonchev–Trinajstić information content (AvgIpc) is 2.76. The molecule has 0 amide bonds. The van der Waals surface area contributed by atoms with Crippen molar-refractivity contribution in [3.63, 3.8) is 0 Å². The second-order valence-electron chi connectivity index (χ2n) is 5.63. The Balaban J connectivity index is -0.000000407. The van der Waals surface area contributed by atoms with Crippen molar-refractivity contribution in [1.82, 2.24) is 0 Å². The summed E-state index contributed by atoms with van der Waals surface area (Å²) in [5.74, 6) is 0. The molecule has 0 unspecified atom stereocenters. The third-order valence-corrected chi connectivity index (χ3v) is 3.58. The van der Waals surface area contributed by atoms with Crippen molar-refractivity contribution >= 4 is 6.47 Å².